The van der Waals surface area contributed by atoms with Crippen molar-refractivity contribution in [3.05, 3.63) is 40.1 Å². The molecule has 1 aromatic carbocycles. The molecule has 0 N–H and O–H groups in total. The third-order valence-electron chi connectivity index (χ3n) is 2.66. The van der Waals surface area contributed by atoms with Crippen LogP contribution in [0.5, 0.6) is 0 Å². The summed E-state index contributed by atoms with van der Waals surface area (Å²) in [6, 6.07) is 6.78. The van der Waals surface area contributed by atoms with E-state index < -0.39 is 9.05 Å². The molecule has 1 heterocycles. The van der Waals surface area contributed by atoms with E-state index in [9.17, 15) is 8.42 Å². The van der Waals surface area contributed by atoms with E-state index in [-0.39, 0.29) is 16.0 Å². The molecule has 2 rings (SSSR count). The van der Waals surface area contributed by atoms with E-state index >= 15 is 0 Å². The second kappa shape index (κ2) is 5.56. The first-order valence-corrected chi connectivity index (χ1v) is 8.77. The Kier molecular flexibility index (Phi) is 4.35. The average molecular weight is 354 g/mol. The van der Waals surface area contributed by atoms with Gasteiger partial charge in [-0.05, 0) is 24.1 Å². The highest BCUT2D eigenvalue weighted by Gasteiger charge is 2.28. The van der Waals surface area contributed by atoms with Crippen molar-refractivity contribution in [2.24, 2.45) is 0 Å². The van der Waals surface area contributed by atoms with Crippen molar-refractivity contribution >= 4 is 42.9 Å². The molecule has 0 fully saturated rings. The van der Waals surface area contributed by atoms with E-state index in [4.69, 9.17) is 33.9 Å². The Balaban J connectivity index is 2.75. The van der Waals surface area contributed by atoms with Crippen molar-refractivity contribution in [3.8, 4) is 5.69 Å². The van der Waals surface area contributed by atoms with E-state index in [0.29, 0.717) is 16.4 Å². The molecule has 8 heteroatoms. The van der Waals surface area contributed by atoms with Crippen LogP contribution in [0.15, 0.2) is 29.2 Å². The van der Waals surface area contributed by atoms with Gasteiger partial charge < -0.3 is 0 Å². The van der Waals surface area contributed by atoms with Crippen molar-refractivity contribution in [3.63, 3.8) is 0 Å². The summed E-state index contributed by atoms with van der Waals surface area (Å²) in [6.45, 7) is 3.62. The first-order chi connectivity index (χ1) is 9.21. The molecule has 20 heavy (non-hydrogen) atoms. The molecule has 0 saturated heterocycles. The molecule has 108 valence electrons. The molecule has 0 radical (unpaired) electrons. The largest absolute Gasteiger partial charge is 0.266 e. The number of benzene rings is 1. The van der Waals surface area contributed by atoms with Crippen LogP contribution in [-0.2, 0) is 9.05 Å². The zero-order valence-corrected chi connectivity index (χ0v) is 13.7. The first kappa shape index (κ1) is 15.6. The summed E-state index contributed by atoms with van der Waals surface area (Å²) in [5.41, 5.74) is 0.890. The fraction of sp³-hybridized carbons (Fsp3) is 0.250. The second-order valence-corrected chi connectivity index (χ2v) is 7.79. The summed E-state index contributed by atoms with van der Waals surface area (Å²) in [6.07, 6.45) is 0. The molecule has 0 amide bonds. The van der Waals surface area contributed by atoms with Crippen LogP contribution in [-0.4, -0.2) is 18.2 Å². The Bertz CT molecular complexity index is 754. The normalized spacial score (nSPS) is 12.1. The van der Waals surface area contributed by atoms with E-state index in [1.54, 1.807) is 24.3 Å². The fourth-order valence-electron chi connectivity index (χ4n) is 1.78. The van der Waals surface area contributed by atoms with Crippen LogP contribution < -0.4 is 0 Å². The first-order valence-electron chi connectivity index (χ1n) is 5.71. The van der Waals surface area contributed by atoms with Crippen molar-refractivity contribution < 1.29 is 8.42 Å². The van der Waals surface area contributed by atoms with Gasteiger partial charge in [-0.25, -0.2) is 13.1 Å². The molecule has 0 unspecified atom stereocenters. The van der Waals surface area contributed by atoms with Gasteiger partial charge >= 0.3 is 0 Å². The van der Waals surface area contributed by atoms with Crippen LogP contribution in [0, 0.1) is 0 Å². The topological polar surface area (TPSA) is 52.0 Å². The highest BCUT2D eigenvalue weighted by molar-refractivity contribution is 8.13. The molecule has 0 aliphatic rings. The predicted molar refractivity (Wildman–Crippen MR) is 80.7 cm³/mol. The smallest absolute Gasteiger partial charge is 0.220 e. The van der Waals surface area contributed by atoms with Gasteiger partial charge in [-0.1, -0.05) is 43.1 Å². The molecule has 2 aromatic rings. The van der Waals surface area contributed by atoms with Gasteiger partial charge in [0.15, 0.2) is 5.15 Å². The second-order valence-electron chi connectivity index (χ2n) is 4.49. The SMILES string of the molecule is CC(C)c1nn(-c2cccc(Cl)c2)c(Cl)c1S(=O)(=O)Cl. The lowest BCUT2D eigenvalue weighted by Crippen LogP contribution is -1.98. The number of hydrogen-bond acceptors (Lipinski definition) is 3. The number of halogens is 3. The number of nitrogens with zero attached hydrogens (tertiary/aromatic N) is 2. The van der Waals surface area contributed by atoms with Crippen LogP contribution in [0.2, 0.25) is 10.2 Å². The molecule has 0 aliphatic heterocycles. The molecule has 0 atom stereocenters. The minimum Gasteiger partial charge on any atom is -0.220 e. The third kappa shape index (κ3) is 2.96. The molecular weight excluding hydrogens is 343 g/mol. The number of rotatable bonds is 3. The van der Waals surface area contributed by atoms with Gasteiger partial charge in [0.25, 0.3) is 9.05 Å². The molecule has 0 bridgehead atoms. The van der Waals surface area contributed by atoms with Crippen molar-refractivity contribution in [2.75, 3.05) is 0 Å². The summed E-state index contributed by atoms with van der Waals surface area (Å²) >= 11 is 12.1. The van der Waals surface area contributed by atoms with Crippen molar-refractivity contribution in [1.82, 2.24) is 9.78 Å². The van der Waals surface area contributed by atoms with Crippen LogP contribution in [0.25, 0.3) is 5.69 Å². The third-order valence-corrected chi connectivity index (χ3v) is 4.71. The van der Waals surface area contributed by atoms with Gasteiger partial charge in [-0.3, -0.25) is 0 Å². The molecule has 4 nitrogen and oxygen atoms in total. The lowest BCUT2D eigenvalue weighted by atomic mass is 10.1. The molecular formula is C12H11Cl3N2O2S. The Morgan fingerprint density at radius 2 is 1.90 bits per heavy atom. The average Bonchev–Trinajstić information content (AvgIpc) is 2.66. The van der Waals surface area contributed by atoms with Gasteiger partial charge in [0.05, 0.1) is 11.4 Å². The van der Waals surface area contributed by atoms with E-state index in [0.717, 1.165) is 0 Å². The number of aromatic nitrogens is 2. The highest BCUT2D eigenvalue weighted by atomic mass is 35.7. The minimum atomic E-state index is -3.98. The summed E-state index contributed by atoms with van der Waals surface area (Å²) in [5, 5.41) is 4.70. The molecule has 0 saturated carbocycles. The monoisotopic (exact) mass is 352 g/mol. The standard InChI is InChI=1S/C12H11Cl3N2O2S/c1-7(2)10-11(20(15,18)19)12(14)17(16-10)9-5-3-4-8(13)6-9/h3-7H,1-2H3. The van der Waals surface area contributed by atoms with Crippen LogP contribution in [0.3, 0.4) is 0 Å². The maximum atomic E-state index is 11.7. The van der Waals surface area contributed by atoms with E-state index in [1.165, 1.54) is 4.68 Å². The minimum absolute atomic E-state index is 0.0500. The molecule has 1 aromatic heterocycles. The fourth-order valence-corrected chi connectivity index (χ4v) is 3.89. The quantitative estimate of drug-likeness (QED) is 0.776. The Morgan fingerprint density at radius 1 is 1.25 bits per heavy atom. The Hall–Kier alpha value is -0.750. The highest BCUT2D eigenvalue weighted by Crippen LogP contribution is 2.34. The van der Waals surface area contributed by atoms with Crippen molar-refractivity contribution in [2.45, 2.75) is 24.7 Å². The van der Waals surface area contributed by atoms with E-state index in [2.05, 4.69) is 5.10 Å². The molecule has 0 spiro atoms. The maximum absolute atomic E-state index is 11.7. The lowest BCUT2D eigenvalue weighted by molar-refractivity contribution is 0.607. The van der Waals surface area contributed by atoms with Gasteiger partial charge in [-0.15, -0.1) is 0 Å². The maximum Gasteiger partial charge on any atom is 0.266 e. The Labute approximate surface area is 131 Å². The number of hydrogen-bond donors (Lipinski definition) is 0. The zero-order valence-electron chi connectivity index (χ0n) is 10.6. The lowest BCUT2D eigenvalue weighted by Gasteiger charge is -2.03. The predicted octanol–water partition coefficient (Wildman–Crippen LogP) is 4.23. The summed E-state index contributed by atoms with van der Waals surface area (Å²) < 4.78 is 24.7. The molecule has 0 aliphatic carbocycles. The van der Waals surface area contributed by atoms with Crippen LogP contribution in [0.1, 0.15) is 25.5 Å². The van der Waals surface area contributed by atoms with Crippen LogP contribution in [0.4, 0.5) is 0 Å². The van der Waals surface area contributed by atoms with E-state index in [1.807, 2.05) is 13.8 Å². The summed E-state index contributed by atoms with van der Waals surface area (Å²) in [5.74, 6) is -0.142. The van der Waals surface area contributed by atoms with Gasteiger partial charge in [-0.2, -0.15) is 5.10 Å². The summed E-state index contributed by atoms with van der Waals surface area (Å²) in [4.78, 5) is -0.157. The zero-order chi connectivity index (χ0) is 15.1. The Morgan fingerprint density at radius 3 is 2.35 bits per heavy atom. The van der Waals surface area contributed by atoms with Crippen LogP contribution >= 0.6 is 33.9 Å². The summed E-state index contributed by atoms with van der Waals surface area (Å²) in [7, 11) is 1.47. The van der Waals surface area contributed by atoms with Gasteiger partial charge in [0.2, 0.25) is 0 Å². The van der Waals surface area contributed by atoms with Gasteiger partial charge in [0.1, 0.15) is 4.90 Å². The van der Waals surface area contributed by atoms with Gasteiger partial charge in [0, 0.05) is 15.7 Å². The van der Waals surface area contributed by atoms with Crippen molar-refractivity contribution in [1.29, 1.82) is 0 Å².